The van der Waals surface area contributed by atoms with Gasteiger partial charge in [-0.05, 0) is 42.9 Å². The van der Waals surface area contributed by atoms with Gasteiger partial charge in [0.05, 0.1) is 5.69 Å². The minimum atomic E-state index is -0.583. The summed E-state index contributed by atoms with van der Waals surface area (Å²) in [6.45, 7) is 6.92. The fraction of sp³-hybridized carbons (Fsp3) is 0.357. The molecule has 0 saturated heterocycles. The molecular weight excluding hydrogens is 479 g/mol. The summed E-state index contributed by atoms with van der Waals surface area (Å²) in [5.74, 6) is 0.616. The topological polar surface area (TPSA) is 93.8 Å². The van der Waals surface area contributed by atoms with Crippen molar-refractivity contribution in [3.63, 3.8) is 0 Å². The van der Waals surface area contributed by atoms with Gasteiger partial charge in [0, 0.05) is 24.1 Å². The molecule has 0 aliphatic heterocycles. The summed E-state index contributed by atoms with van der Waals surface area (Å²) in [5.41, 5.74) is 5.58. The Labute approximate surface area is 255 Å². The van der Waals surface area contributed by atoms with E-state index in [4.69, 9.17) is 4.98 Å². The van der Waals surface area contributed by atoms with Crippen LogP contribution in [0.4, 0.5) is 0 Å². The largest absolute Gasteiger partial charge is 1.00 e. The monoisotopic (exact) mass is 512 g/mol. The second-order valence-corrected chi connectivity index (χ2v) is 8.86. The summed E-state index contributed by atoms with van der Waals surface area (Å²) in [7, 11) is 0. The molecule has 1 N–H and O–H groups in total. The van der Waals surface area contributed by atoms with E-state index < -0.39 is 5.76 Å². The van der Waals surface area contributed by atoms with E-state index in [1.54, 1.807) is 0 Å². The predicted octanol–water partition coefficient (Wildman–Crippen LogP) is 2.41. The van der Waals surface area contributed by atoms with Crippen LogP contribution in [0.15, 0.2) is 62.6 Å². The zero-order valence-corrected chi connectivity index (χ0v) is 24.8. The van der Waals surface area contributed by atoms with Crippen molar-refractivity contribution in [2.45, 2.75) is 65.8 Å². The van der Waals surface area contributed by atoms with Crippen molar-refractivity contribution in [2.24, 2.45) is 0 Å². The molecule has 36 heavy (non-hydrogen) atoms. The Morgan fingerprint density at radius 1 is 0.972 bits per heavy atom. The van der Waals surface area contributed by atoms with Crippen molar-refractivity contribution in [1.82, 2.24) is 19.7 Å². The molecule has 0 saturated carbocycles. The Morgan fingerprint density at radius 3 is 2.31 bits per heavy atom. The maximum absolute atomic E-state index is 13.5. The van der Waals surface area contributed by atoms with Crippen LogP contribution in [-0.4, -0.2) is 19.7 Å². The van der Waals surface area contributed by atoms with Crippen molar-refractivity contribution >= 4 is 0 Å². The van der Waals surface area contributed by atoms with Gasteiger partial charge in [0.15, 0.2) is 5.82 Å². The molecule has 0 radical (unpaired) electrons. The molecule has 0 bridgehead atoms. The van der Waals surface area contributed by atoms with Gasteiger partial charge in [0.1, 0.15) is 5.82 Å². The van der Waals surface area contributed by atoms with Gasteiger partial charge in [0.25, 0.3) is 5.56 Å². The van der Waals surface area contributed by atoms with Crippen LogP contribution in [0.1, 0.15) is 63.6 Å². The Bertz CT molecular complexity index is 1410. The molecule has 0 amide bonds. The fourth-order valence-corrected chi connectivity index (χ4v) is 4.36. The van der Waals surface area contributed by atoms with E-state index in [9.17, 15) is 9.59 Å². The van der Waals surface area contributed by atoms with Gasteiger partial charge in [-0.2, -0.15) is 0 Å². The van der Waals surface area contributed by atoms with Crippen LogP contribution in [-0.2, 0) is 19.4 Å². The zero-order chi connectivity index (χ0) is 24.8. The first-order valence-electron chi connectivity index (χ1n) is 12.4. The number of nitrogens with one attached hydrogen (secondary N) is 1. The second kappa shape index (κ2) is 13.4. The van der Waals surface area contributed by atoms with Crippen molar-refractivity contribution in [3.8, 4) is 22.5 Å². The summed E-state index contributed by atoms with van der Waals surface area (Å²) >= 11 is 0. The third-order valence-corrected chi connectivity index (χ3v) is 6.31. The molecule has 2 aromatic heterocycles. The van der Waals surface area contributed by atoms with Gasteiger partial charge in [0.2, 0.25) is 0 Å². The Balaban J connectivity index is 0.00000241. The third kappa shape index (κ3) is 6.60. The van der Waals surface area contributed by atoms with Crippen molar-refractivity contribution in [2.75, 3.05) is 0 Å². The molecule has 0 aliphatic rings. The molecule has 184 valence electrons. The average molecular weight is 513 g/mol. The van der Waals surface area contributed by atoms with Crippen molar-refractivity contribution in [3.05, 3.63) is 92.1 Å². The number of benzene rings is 2. The zero-order valence-electron chi connectivity index (χ0n) is 22.6. The number of hydrogen-bond donors (Lipinski definition) is 1. The molecule has 4 aromatic rings. The quantitative estimate of drug-likeness (QED) is 0.330. The van der Waals surface area contributed by atoms with Gasteiger partial charge in [-0.1, -0.05) is 80.4 Å². The number of rotatable bonds is 10. The standard InChI is InChI=1S/C28H32N4O3.K.H/c1-4-6-12-25-24(27(33)32(17-7-5-2)19(3)29-25)18-20-13-15-21(16-14-20)22-10-8-9-11-23(22)26-30-28(34)35-31-26;;/h8-11,13-16H,4-7,12,17-18H2,1-3H3,(H,30,31,34);;/q;+1;-1. The Hall–Kier alpha value is -2.10. The average Bonchev–Trinajstić information content (AvgIpc) is 3.31. The molecule has 2 heterocycles. The van der Waals surface area contributed by atoms with E-state index >= 15 is 0 Å². The van der Waals surface area contributed by atoms with Crippen molar-refractivity contribution in [1.29, 1.82) is 0 Å². The molecule has 0 aliphatic carbocycles. The smallest absolute Gasteiger partial charge is 1.00 e. The molecule has 0 atom stereocenters. The molecule has 2 aromatic carbocycles. The van der Waals surface area contributed by atoms with E-state index in [0.29, 0.717) is 18.8 Å². The van der Waals surface area contributed by atoms with Crippen molar-refractivity contribution < 1.29 is 57.3 Å². The summed E-state index contributed by atoms with van der Waals surface area (Å²) < 4.78 is 6.52. The summed E-state index contributed by atoms with van der Waals surface area (Å²) in [4.78, 5) is 32.4. The third-order valence-electron chi connectivity index (χ3n) is 6.31. The first kappa shape index (κ1) is 28.5. The number of unbranched alkanes of at least 4 members (excludes halogenated alkanes) is 2. The van der Waals surface area contributed by atoms with E-state index in [1.165, 1.54) is 0 Å². The first-order chi connectivity index (χ1) is 17.0. The fourth-order valence-electron chi connectivity index (χ4n) is 4.36. The van der Waals surface area contributed by atoms with E-state index in [1.807, 2.05) is 47.9 Å². The molecule has 8 heteroatoms. The van der Waals surface area contributed by atoms with Crippen LogP contribution in [0.3, 0.4) is 0 Å². The van der Waals surface area contributed by atoms with E-state index in [-0.39, 0.29) is 58.4 Å². The Morgan fingerprint density at radius 2 is 1.67 bits per heavy atom. The van der Waals surface area contributed by atoms with Gasteiger partial charge in [-0.15, -0.1) is 0 Å². The number of nitrogens with zero attached hydrogens (tertiary/aromatic N) is 3. The van der Waals surface area contributed by atoms with Gasteiger partial charge in [-0.25, -0.2) is 9.78 Å². The van der Waals surface area contributed by atoms with Crippen LogP contribution in [0.25, 0.3) is 22.5 Å². The van der Waals surface area contributed by atoms with Crippen LogP contribution in [0, 0.1) is 6.92 Å². The van der Waals surface area contributed by atoms with Crippen LogP contribution in [0.2, 0.25) is 0 Å². The number of H-pyrrole nitrogens is 1. The summed E-state index contributed by atoms with van der Waals surface area (Å²) in [5, 5.41) is 3.84. The van der Waals surface area contributed by atoms with Crippen LogP contribution in [0.5, 0.6) is 0 Å². The second-order valence-electron chi connectivity index (χ2n) is 8.86. The maximum Gasteiger partial charge on any atom is 1.00 e. The minimum absolute atomic E-state index is 0. The molecule has 4 rings (SSSR count). The minimum Gasteiger partial charge on any atom is -1.00 e. The number of hydrogen-bond acceptors (Lipinski definition) is 5. The number of aromatic nitrogens is 4. The molecule has 7 nitrogen and oxygen atoms in total. The molecular formula is C28H33KN4O3. The van der Waals surface area contributed by atoms with E-state index in [2.05, 4.69) is 40.6 Å². The first-order valence-corrected chi connectivity index (χ1v) is 12.4. The number of aromatic amines is 1. The van der Waals surface area contributed by atoms with Gasteiger partial charge < -0.3 is 1.43 Å². The molecule has 0 unspecified atom stereocenters. The SMILES string of the molecule is CCCCc1nc(C)n(CCCC)c(=O)c1Cc1ccc(-c2ccccc2-c2noc(=O)[nH]2)cc1.[H-].[K+]. The summed E-state index contributed by atoms with van der Waals surface area (Å²) in [6, 6.07) is 15.9. The molecule has 0 fully saturated rings. The maximum atomic E-state index is 13.5. The van der Waals surface area contributed by atoms with E-state index in [0.717, 1.165) is 71.4 Å². The van der Waals surface area contributed by atoms with Crippen LogP contribution >= 0.6 is 0 Å². The summed E-state index contributed by atoms with van der Waals surface area (Å²) in [6.07, 6.45) is 5.43. The predicted molar refractivity (Wildman–Crippen MR) is 139 cm³/mol. The van der Waals surface area contributed by atoms with Gasteiger partial charge >= 0.3 is 57.1 Å². The number of aryl methyl sites for hydroxylation is 2. The van der Waals surface area contributed by atoms with Crippen LogP contribution < -0.4 is 62.7 Å². The molecule has 0 spiro atoms. The Kier molecular flexibility index (Phi) is 10.6. The normalized spacial score (nSPS) is 10.9. The van der Waals surface area contributed by atoms with Gasteiger partial charge in [-0.3, -0.25) is 18.9 Å².